The third-order valence-electron chi connectivity index (χ3n) is 1.000. The number of hydrogen-bond acceptors (Lipinski definition) is 1. The molecule has 0 bridgehead atoms. The third-order valence-corrected chi connectivity index (χ3v) is 1.000. The largest absolute Gasteiger partial charge is 0.0683 e. The van der Waals surface area contributed by atoms with Crippen LogP contribution < -0.4 is 0 Å². The molecular formula is C18H51PS. The lowest BCUT2D eigenvalue weighted by molar-refractivity contribution is 0.504. The third kappa shape index (κ3) is 278. The summed E-state index contributed by atoms with van der Waals surface area (Å²) in [5.41, 5.74) is 0. The molecule has 1 aliphatic rings. The minimum Gasteiger partial charge on any atom is -0.0683 e. The molecule has 0 nitrogen and oxygen atoms in total. The van der Waals surface area contributed by atoms with Crippen LogP contribution >= 0.6 is 8.02 Å². The zero-order chi connectivity index (χ0) is 18.8. The van der Waals surface area contributed by atoms with E-state index in [-0.39, 0.29) is 0 Å². The molecule has 0 heterocycles. The van der Waals surface area contributed by atoms with Crippen molar-refractivity contribution in [1.29, 1.82) is 0 Å². The van der Waals surface area contributed by atoms with Crippen LogP contribution in [0, 0.1) is 0 Å². The molecule has 0 N–H and O–H groups in total. The van der Waals surface area contributed by atoms with Gasteiger partial charge in [0.05, 0.1) is 0 Å². The summed E-state index contributed by atoms with van der Waals surface area (Å²) in [6.07, 6.45) is 6.00. The minimum absolute atomic E-state index is 1.50. The van der Waals surface area contributed by atoms with Crippen LogP contribution in [0.1, 0.15) is 123 Å². The van der Waals surface area contributed by atoms with E-state index >= 15 is 0 Å². The molecule has 0 saturated heterocycles. The average Bonchev–Trinajstić information content (AvgIpc) is 2.60. The lowest BCUT2D eigenvalue weighted by Gasteiger charge is -2.05. The van der Waals surface area contributed by atoms with Gasteiger partial charge in [-0.15, -0.1) is 0 Å². The first-order valence-electron chi connectivity index (χ1n) is 9.20. The van der Waals surface area contributed by atoms with E-state index in [1.807, 2.05) is 96.9 Å². The van der Waals surface area contributed by atoms with Crippen molar-refractivity contribution >= 4 is 19.8 Å². The highest BCUT2D eigenvalue weighted by atomic mass is 32.4. The maximum Gasteiger partial charge on any atom is -0.0437 e. The van der Waals surface area contributed by atoms with Crippen molar-refractivity contribution in [3.05, 3.63) is 0 Å². The summed E-state index contributed by atoms with van der Waals surface area (Å²) in [4.78, 5) is 0. The van der Waals surface area contributed by atoms with Crippen LogP contribution in [-0.4, -0.2) is 0 Å². The lowest BCUT2D eigenvalue weighted by Crippen LogP contribution is -1.85. The highest BCUT2D eigenvalue weighted by molar-refractivity contribution is 7.88. The Hall–Kier alpha value is 0.520. The van der Waals surface area contributed by atoms with Crippen LogP contribution in [-0.2, 0) is 11.8 Å². The van der Waals surface area contributed by atoms with E-state index in [1.54, 1.807) is 0 Å². The van der Waals surface area contributed by atoms with E-state index in [1.165, 1.54) is 25.7 Å². The fraction of sp³-hybridized carbons (Fsp3) is 1.00. The van der Waals surface area contributed by atoms with E-state index in [0.29, 0.717) is 0 Å². The fourth-order valence-corrected chi connectivity index (χ4v) is 0.250. The summed E-state index contributed by atoms with van der Waals surface area (Å²) in [6, 6.07) is 0. The summed E-state index contributed by atoms with van der Waals surface area (Å²) >= 11 is 3.89. The van der Waals surface area contributed by atoms with Crippen molar-refractivity contribution in [3.8, 4) is 0 Å². The fourth-order valence-electron chi connectivity index (χ4n) is 0.250. The molecule has 1 saturated carbocycles. The Balaban J connectivity index is -0.0000000139. The molecule has 0 radical (unpaired) electrons. The van der Waals surface area contributed by atoms with Gasteiger partial charge in [-0.25, -0.2) is 0 Å². The normalized spacial score (nSPS) is 7.10. The first kappa shape index (κ1) is 49.9. The Kier molecular flexibility index (Phi) is 817. The molecule has 1 aliphatic carbocycles. The van der Waals surface area contributed by atoms with Crippen molar-refractivity contribution in [2.75, 3.05) is 0 Å². The van der Waals surface area contributed by atoms with E-state index in [9.17, 15) is 0 Å². The second-order valence-electron chi connectivity index (χ2n) is 1.41. The van der Waals surface area contributed by atoms with Gasteiger partial charge < -0.3 is 0 Å². The van der Waals surface area contributed by atoms with Gasteiger partial charge in [-0.2, -0.15) is 0 Å². The topological polar surface area (TPSA) is 0 Å². The summed E-state index contributed by atoms with van der Waals surface area (Å²) in [7, 11) is 2.56. The summed E-state index contributed by atoms with van der Waals surface area (Å²) < 4.78 is 0. The first-order valence-corrected chi connectivity index (χ1v) is 10.8. The molecule has 0 spiro atoms. The maximum atomic E-state index is 3.89. The predicted octanol–water partition coefficient (Wildman–Crippen LogP) is 9.33. The molecule has 2 heteroatoms. The van der Waals surface area contributed by atoms with Gasteiger partial charge in [0.25, 0.3) is 0 Å². The Morgan fingerprint density at radius 2 is 0.400 bits per heavy atom. The van der Waals surface area contributed by atoms with Gasteiger partial charge in [-0.1, -0.05) is 134 Å². The highest BCUT2D eigenvalue weighted by Crippen LogP contribution is 2.15. The van der Waals surface area contributed by atoms with Crippen molar-refractivity contribution in [2.24, 2.45) is 0 Å². The molecule has 0 aliphatic heterocycles. The van der Waals surface area contributed by atoms with Gasteiger partial charge in [0, 0.05) is 0 Å². The molecule has 134 valence electrons. The first-order chi connectivity index (χ1) is 10.0. The molecule has 0 atom stereocenters. The van der Waals surface area contributed by atoms with Gasteiger partial charge in [0.1, 0.15) is 0 Å². The second-order valence-corrected chi connectivity index (χ2v) is 1.41. The Morgan fingerprint density at radius 1 is 0.350 bits per heavy atom. The zero-order valence-corrected chi connectivity index (χ0v) is 19.6. The minimum atomic E-state index is 1.50. The predicted molar refractivity (Wildman–Crippen MR) is 114 cm³/mol. The van der Waals surface area contributed by atoms with Crippen molar-refractivity contribution in [3.63, 3.8) is 0 Å². The lowest BCUT2D eigenvalue weighted by atomic mass is 10.0. The smallest absolute Gasteiger partial charge is 0.0437 e. The quantitative estimate of drug-likeness (QED) is 0.398. The standard InChI is InChI=1S/C4H8.7C2H6.HPS/c1-2-4-3-1;8*1-2/h1-4H2;7*1-2H3;1H. The van der Waals surface area contributed by atoms with Gasteiger partial charge in [-0.3, -0.25) is 0 Å². The molecule has 20 heavy (non-hydrogen) atoms. The van der Waals surface area contributed by atoms with Crippen LogP contribution in [0.2, 0.25) is 0 Å². The highest BCUT2D eigenvalue weighted by Gasteiger charge is 1.95. The van der Waals surface area contributed by atoms with Crippen molar-refractivity contribution in [2.45, 2.75) is 123 Å². The van der Waals surface area contributed by atoms with Gasteiger partial charge >= 0.3 is 0 Å². The number of hydrogen-bond donors (Lipinski definition) is 0. The van der Waals surface area contributed by atoms with Crippen molar-refractivity contribution < 1.29 is 0 Å². The van der Waals surface area contributed by atoms with E-state index in [4.69, 9.17) is 0 Å². The molecule has 0 aromatic heterocycles. The molecule has 1 rings (SSSR count). The SMILES string of the molecule is C1CCC1.CC.CC.CC.CC.CC.CC.CC.P=S. The molecule has 1 fully saturated rings. The molecule has 0 unspecified atom stereocenters. The van der Waals surface area contributed by atoms with E-state index < -0.39 is 0 Å². The monoisotopic (exact) mass is 330 g/mol. The molecule has 0 aromatic rings. The van der Waals surface area contributed by atoms with Crippen LogP contribution in [0.4, 0.5) is 0 Å². The van der Waals surface area contributed by atoms with Crippen molar-refractivity contribution in [1.82, 2.24) is 0 Å². The Bertz CT molecular complexity index is 26.6. The van der Waals surface area contributed by atoms with Crippen LogP contribution in [0.5, 0.6) is 0 Å². The average molecular weight is 331 g/mol. The summed E-state index contributed by atoms with van der Waals surface area (Å²) in [5, 5.41) is 0. The molecule has 0 amide bonds. The van der Waals surface area contributed by atoms with Crippen LogP contribution in [0.15, 0.2) is 0 Å². The summed E-state index contributed by atoms with van der Waals surface area (Å²) in [5.74, 6) is 0. The maximum absolute atomic E-state index is 3.89. The Labute approximate surface area is 142 Å². The zero-order valence-electron chi connectivity index (χ0n) is 17.7. The van der Waals surface area contributed by atoms with E-state index in [0.717, 1.165) is 0 Å². The van der Waals surface area contributed by atoms with Crippen LogP contribution in [0.25, 0.3) is 0 Å². The van der Waals surface area contributed by atoms with Gasteiger partial charge in [0.15, 0.2) is 0 Å². The molecule has 0 aromatic carbocycles. The number of rotatable bonds is 0. The van der Waals surface area contributed by atoms with Crippen LogP contribution in [0.3, 0.4) is 0 Å². The van der Waals surface area contributed by atoms with Gasteiger partial charge in [0.2, 0.25) is 0 Å². The van der Waals surface area contributed by atoms with E-state index in [2.05, 4.69) is 19.8 Å². The second kappa shape index (κ2) is 328. The van der Waals surface area contributed by atoms with Gasteiger partial charge in [-0.05, 0) is 8.02 Å². The Morgan fingerprint density at radius 3 is 0.400 bits per heavy atom. The summed E-state index contributed by atoms with van der Waals surface area (Å²) in [6.45, 7) is 28.0. The molecular weight excluding hydrogens is 279 g/mol.